The number of aromatic nitrogens is 2. The van der Waals surface area contributed by atoms with Crippen LogP contribution in [0.2, 0.25) is 0 Å². The van der Waals surface area contributed by atoms with Crippen molar-refractivity contribution in [3.8, 4) is 0 Å². The molecule has 2 rings (SSSR count). The summed E-state index contributed by atoms with van der Waals surface area (Å²) in [6, 6.07) is 0. The third kappa shape index (κ3) is 2.38. The number of nitrogens with zero attached hydrogens (tertiary/aromatic N) is 3. The number of hydrogen-bond acceptors (Lipinski definition) is 5. The molecule has 0 aromatic carbocycles. The first kappa shape index (κ1) is 10.2. The number of carboxylic acid groups (broad SMARTS) is 1. The first-order valence-electron chi connectivity index (χ1n) is 4.65. The molecule has 1 fully saturated rings. The van der Waals surface area contributed by atoms with Gasteiger partial charge in [-0.3, -0.25) is 4.98 Å². The topological polar surface area (TPSA) is 66.3 Å². The Hall–Kier alpha value is -1.30. The normalized spacial score (nSPS) is 16.4. The lowest BCUT2D eigenvalue weighted by atomic mass is 10.4. The molecule has 0 unspecified atom stereocenters. The highest BCUT2D eigenvalue weighted by molar-refractivity contribution is 7.99. The summed E-state index contributed by atoms with van der Waals surface area (Å²) in [5.41, 5.74) is 0.00530. The molecule has 0 saturated carbocycles. The first-order chi connectivity index (χ1) is 7.27. The van der Waals surface area contributed by atoms with Crippen LogP contribution in [0.15, 0.2) is 12.4 Å². The van der Waals surface area contributed by atoms with Crippen molar-refractivity contribution >= 4 is 23.5 Å². The fraction of sp³-hybridized carbons (Fsp3) is 0.444. The molecule has 0 amide bonds. The maximum absolute atomic E-state index is 10.7. The van der Waals surface area contributed by atoms with Crippen molar-refractivity contribution in [3.05, 3.63) is 18.1 Å². The minimum Gasteiger partial charge on any atom is -0.476 e. The first-order valence-corrected chi connectivity index (χ1v) is 5.81. The van der Waals surface area contributed by atoms with Gasteiger partial charge in [0.15, 0.2) is 5.69 Å². The van der Waals surface area contributed by atoms with Crippen LogP contribution >= 0.6 is 11.8 Å². The number of carbonyl (C=O) groups is 1. The number of aromatic carboxylic acids is 1. The molecule has 0 aliphatic carbocycles. The van der Waals surface area contributed by atoms with E-state index >= 15 is 0 Å². The maximum atomic E-state index is 10.7. The Balaban J connectivity index is 2.19. The Bertz CT molecular complexity index is 366. The second-order valence-corrected chi connectivity index (χ2v) is 4.39. The van der Waals surface area contributed by atoms with Crippen LogP contribution in [0.4, 0.5) is 5.82 Å². The van der Waals surface area contributed by atoms with Crippen LogP contribution in [0.3, 0.4) is 0 Å². The summed E-state index contributed by atoms with van der Waals surface area (Å²) < 4.78 is 0. The zero-order chi connectivity index (χ0) is 10.7. The zero-order valence-corrected chi connectivity index (χ0v) is 8.90. The molecule has 15 heavy (non-hydrogen) atoms. The third-order valence-corrected chi connectivity index (χ3v) is 3.12. The number of anilines is 1. The Kier molecular flexibility index (Phi) is 3.05. The molecule has 2 heterocycles. The van der Waals surface area contributed by atoms with E-state index in [1.54, 1.807) is 6.20 Å². The van der Waals surface area contributed by atoms with Gasteiger partial charge in [0, 0.05) is 24.6 Å². The van der Waals surface area contributed by atoms with E-state index in [2.05, 4.69) is 14.9 Å². The lowest BCUT2D eigenvalue weighted by Gasteiger charge is -2.26. The van der Waals surface area contributed by atoms with Gasteiger partial charge in [0.2, 0.25) is 0 Å². The highest BCUT2D eigenvalue weighted by Crippen LogP contribution is 2.16. The minimum atomic E-state index is -1.03. The van der Waals surface area contributed by atoms with Gasteiger partial charge >= 0.3 is 5.97 Å². The summed E-state index contributed by atoms with van der Waals surface area (Å²) in [6.07, 6.45) is 2.88. The lowest BCUT2D eigenvalue weighted by molar-refractivity contribution is 0.0690. The van der Waals surface area contributed by atoms with Crippen molar-refractivity contribution in [2.24, 2.45) is 0 Å². The van der Waals surface area contributed by atoms with Crippen LogP contribution in [0.1, 0.15) is 10.5 Å². The van der Waals surface area contributed by atoms with Gasteiger partial charge < -0.3 is 10.0 Å². The van der Waals surface area contributed by atoms with Gasteiger partial charge in [-0.25, -0.2) is 9.78 Å². The third-order valence-electron chi connectivity index (χ3n) is 2.18. The van der Waals surface area contributed by atoms with Crippen LogP contribution in [-0.4, -0.2) is 45.6 Å². The van der Waals surface area contributed by atoms with Gasteiger partial charge in [-0.15, -0.1) is 0 Å². The summed E-state index contributed by atoms with van der Waals surface area (Å²) in [7, 11) is 0. The monoisotopic (exact) mass is 225 g/mol. The van der Waals surface area contributed by atoms with E-state index < -0.39 is 5.97 Å². The van der Waals surface area contributed by atoms with Crippen LogP contribution in [-0.2, 0) is 0 Å². The maximum Gasteiger partial charge on any atom is 0.356 e. The Morgan fingerprint density at radius 3 is 2.80 bits per heavy atom. The minimum absolute atomic E-state index is 0.00530. The molecule has 6 heteroatoms. The molecule has 0 radical (unpaired) electrons. The van der Waals surface area contributed by atoms with Crippen molar-refractivity contribution in [2.45, 2.75) is 0 Å². The number of carboxylic acids is 1. The van der Waals surface area contributed by atoms with Gasteiger partial charge in [-0.1, -0.05) is 0 Å². The molecule has 1 saturated heterocycles. The Morgan fingerprint density at radius 2 is 2.13 bits per heavy atom. The predicted octanol–water partition coefficient (Wildman–Crippen LogP) is 0.728. The molecule has 0 atom stereocenters. The van der Waals surface area contributed by atoms with Gasteiger partial charge in [-0.2, -0.15) is 11.8 Å². The molecule has 1 aromatic heterocycles. The lowest BCUT2D eigenvalue weighted by Crippen LogP contribution is -2.33. The Labute approximate surface area is 91.5 Å². The highest BCUT2D eigenvalue weighted by Gasteiger charge is 2.14. The molecule has 5 nitrogen and oxygen atoms in total. The highest BCUT2D eigenvalue weighted by atomic mass is 32.2. The van der Waals surface area contributed by atoms with E-state index in [1.165, 1.54) is 6.20 Å². The molecule has 0 spiro atoms. The smallest absolute Gasteiger partial charge is 0.356 e. The van der Waals surface area contributed by atoms with Crippen molar-refractivity contribution in [1.29, 1.82) is 0 Å². The second kappa shape index (κ2) is 4.48. The van der Waals surface area contributed by atoms with E-state index in [4.69, 9.17) is 5.11 Å². The van der Waals surface area contributed by atoms with Crippen LogP contribution in [0.25, 0.3) is 0 Å². The number of thioether (sulfide) groups is 1. The molecule has 1 aliphatic heterocycles. The SMILES string of the molecule is O=C(O)c1cncc(N2CCSCC2)n1. The molecule has 1 aromatic rings. The van der Waals surface area contributed by atoms with E-state index in [1.807, 2.05) is 11.8 Å². The fourth-order valence-corrected chi connectivity index (χ4v) is 2.31. The summed E-state index contributed by atoms with van der Waals surface area (Å²) in [5.74, 6) is 1.74. The van der Waals surface area contributed by atoms with E-state index in [0.717, 1.165) is 24.6 Å². The Morgan fingerprint density at radius 1 is 1.40 bits per heavy atom. The van der Waals surface area contributed by atoms with Crippen molar-refractivity contribution in [2.75, 3.05) is 29.5 Å². The van der Waals surface area contributed by atoms with E-state index in [9.17, 15) is 4.79 Å². The molecular formula is C9H11N3O2S. The molecule has 0 bridgehead atoms. The van der Waals surface area contributed by atoms with Gasteiger partial charge in [-0.05, 0) is 0 Å². The van der Waals surface area contributed by atoms with Gasteiger partial charge in [0.25, 0.3) is 0 Å². The molecule has 1 N–H and O–H groups in total. The summed E-state index contributed by atoms with van der Waals surface area (Å²) in [6.45, 7) is 1.81. The standard InChI is InChI=1S/C9H11N3O2S/c13-9(14)7-5-10-6-8(11-7)12-1-3-15-4-2-12/h5-6H,1-4H2,(H,13,14). The molecule has 1 aliphatic rings. The van der Waals surface area contributed by atoms with Crippen molar-refractivity contribution in [3.63, 3.8) is 0 Å². The average molecular weight is 225 g/mol. The molecule has 80 valence electrons. The number of hydrogen-bond donors (Lipinski definition) is 1. The summed E-state index contributed by atoms with van der Waals surface area (Å²) >= 11 is 1.90. The van der Waals surface area contributed by atoms with Gasteiger partial charge in [0.1, 0.15) is 5.82 Å². The van der Waals surface area contributed by atoms with E-state index in [-0.39, 0.29) is 5.69 Å². The average Bonchev–Trinajstić information content (AvgIpc) is 2.30. The number of rotatable bonds is 2. The summed E-state index contributed by atoms with van der Waals surface area (Å²) in [5, 5.41) is 8.78. The van der Waals surface area contributed by atoms with E-state index in [0.29, 0.717) is 5.82 Å². The van der Waals surface area contributed by atoms with Crippen LogP contribution in [0.5, 0.6) is 0 Å². The van der Waals surface area contributed by atoms with Crippen LogP contribution < -0.4 is 4.90 Å². The second-order valence-electron chi connectivity index (χ2n) is 3.17. The predicted molar refractivity (Wildman–Crippen MR) is 58.5 cm³/mol. The van der Waals surface area contributed by atoms with Crippen molar-refractivity contribution in [1.82, 2.24) is 9.97 Å². The fourth-order valence-electron chi connectivity index (χ4n) is 1.40. The zero-order valence-electron chi connectivity index (χ0n) is 8.09. The van der Waals surface area contributed by atoms with Crippen LogP contribution in [0, 0.1) is 0 Å². The largest absolute Gasteiger partial charge is 0.476 e. The van der Waals surface area contributed by atoms with Crippen molar-refractivity contribution < 1.29 is 9.90 Å². The van der Waals surface area contributed by atoms with Gasteiger partial charge in [0.05, 0.1) is 12.4 Å². The molecular weight excluding hydrogens is 214 g/mol. The summed E-state index contributed by atoms with van der Waals surface area (Å²) in [4.78, 5) is 20.7. The quantitative estimate of drug-likeness (QED) is 0.800.